The second kappa shape index (κ2) is 9.43. The number of nitrogens with one attached hydrogen (secondary N) is 2. The Bertz CT molecular complexity index is 1060. The second-order valence-electron chi connectivity index (χ2n) is 7.96. The largest absolute Gasteiger partial charge is 0.495 e. The second-order valence-corrected chi connectivity index (χ2v) is 8.40. The lowest BCUT2D eigenvalue weighted by atomic mass is 9.93. The number of anilines is 1. The number of carbonyl (C=O) groups excluding carboxylic acids is 2. The van der Waals surface area contributed by atoms with Crippen LogP contribution in [-0.2, 0) is 4.79 Å². The average Bonchev–Trinajstić information content (AvgIpc) is 3.22. The summed E-state index contributed by atoms with van der Waals surface area (Å²) in [5.41, 5.74) is 2.15. The molecule has 2 heterocycles. The van der Waals surface area contributed by atoms with Crippen molar-refractivity contribution in [2.24, 2.45) is 5.92 Å². The number of ether oxygens (including phenoxy) is 1. The normalized spacial score (nSPS) is 16.3. The van der Waals surface area contributed by atoms with E-state index < -0.39 is 0 Å². The first-order valence-corrected chi connectivity index (χ1v) is 10.9. The minimum atomic E-state index is -0.0837. The molecule has 1 unspecified atom stereocenters. The number of fused-ring (bicyclic) bond motifs is 1. The first-order chi connectivity index (χ1) is 15.0. The third-order valence-corrected chi connectivity index (χ3v) is 6.02. The number of H-pyrrole nitrogens is 1. The molecule has 0 saturated carbocycles. The van der Waals surface area contributed by atoms with E-state index in [-0.39, 0.29) is 11.8 Å². The van der Waals surface area contributed by atoms with Crippen molar-refractivity contribution >= 4 is 40.0 Å². The predicted molar refractivity (Wildman–Crippen MR) is 123 cm³/mol. The van der Waals surface area contributed by atoms with Crippen molar-refractivity contribution in [3.63, 3.8) is 0 Å². The van der Waals surface area contributed by atoms with Gasteiger partial charge in [0.15, 0.2) is 0 Å². The zero-order valence-corrected chi connectivity index (χ0v) is 18.2. The van der Waals surface area contributed by atoms with Crippen molar-refractivity contribution in [3.05, 3.63) is 59.2 Å². The summed E-state index contributed by atoms with van der Waals surface area (Å²) >= 11 is 6.03. The van der Waals surface area contributed by atoms with E-state index in [4.69, 9.17) is 16.3 Å². The molecule has 7 heteroatoms. The number of aromatic nitrogens is 1. The molecule has 0 aliphatic carbocycles. The fourth-order valence-electron chi connectivity index (χ4n) is 4.17. The molecule has 1 aliphatic heterocycles. The van der Waals surface area contributed by atoms with Crippen LogP contribution in [0.5, 0.6) is 5.75 Å². The number of hydrogen-bond acceptors (Lipinski definition) is 3. The van der Waals surface area contributed by atoms with Gasteiger partial charge in [-0.3, -0.25) is 9.59 Å². The summed E-state index contributed by atoms with van der Waals surface area (Å²) < 4.78 is 5.28. The molecule has 4 rings (SSSR count). The Morgan fingerprint density at radius 1 is 1.23 bits per heavy atom. The molecule has 0 radical (unpaired) electrons. The first-order valence-electron chi connectivity index (χ1n) is 10.5. The van der Waals surface area contributed by atoms with Crippen LogP contribution in [0.2, 0.25) is 5.02 Å². The Morgan fingerprint density at radius 2 is 2.06 bits per heavy atom. The van der Waals surface area contributed by atoms with Crippen molar-refractivity contribution in [2.45, 2.75) is 25.7 Å². The van der Waals surface area contributed by atoms with E-state index in [0.29, 0.717) is 41.0 Å². The van der Waals surface area contributed by atoms with Gasteiger partial charge < -0.3 is 19.9 Å². The Kier molecular flexibility index (Phi) is 6.47. The van der Waals surface area contributed by atoms with Crippen LogP contribution in [0.3, 0.4) is 0 Å². The van der Waals surface area contributed by atoms with Gasteiger partial charge in [-0.15, -0.1) is 0 Å². The number of nitrogens with zero attached hydrogens (tertiary/aromatic N) is 1. The molecule has 3 aromatic rings. The highest BCUT2D eigenvalue weighted by molar-refractivity contribution is 6.31. The van der Waals surface area contributed by atoms with Gasteiger partial charge in [-0.1, -0.05) is 29.8 Å². The molecule has 2 aromatic carbocycles. The van der Waals surface area contributed by atoms with Crippen LogP contribution in [0.1, 0.15) is 36.2 Å². The summed E-state index contributed by atoms with van der Waals surface area (Å²) in [6, 6.07) is 14.9. The minimum absolute atomic E-state index is 0.0222. The highest BCUT2D eigenvalue weighted by Gasteiger charge is 2.26. The van der Waals surface area contributed by atoms with Crippen molar-refractivity contribution in [2.75, 3.05) is 25.5 Å². The maximum Gasteiger partial charge on any atom is 0.270 e. The molecule has 31 heavy (non-hydrogen) atoms. The van der Waals surface area contributed by atoms with Gasteiger partial charge in [0.05, 0.1) is 12.8 Å². The molecule has 0 spiro atoms. The third kappa shape index (κ3) is 5.02. The highest BCUT2D eigenvalue weighted by Crippen LogP contribution is 2.28. The van der Waals surface area contributed by atoms with E-state index in [0.717, 1.165) is 36.7 Å². The summed E-state index contributed by atoms with van der Waals surface area (Å²) in [5.74, 6) is 0.813. The van der Waals surface area contributed by atoms with Gasteiger partial charge in [-0.05, 0) is 55.5 Å². The molecule has 1 aliphatic rings. The number of amides is 2. The first kappa shape index (κ1) is 21.2. The van der Waals surface area contributed by atoms with E-state index in [1.807, 2.05) is 35.2 Å². The molecule has 2 amide bonds. The summed E-state index contributed by atoms with van der Waals surface area (Å²) in [6.07, 6.45) is 3.07. The molecule has 1 fully saturated rings. The number of halogens is 1. The average molecular weight is 440 g/mol. The fraction of sp³-hybridized carbons (Fsp3) is 0.333. The molecular formula is C24H26ClN3O3. The molecule has 6 nitrogen and oxygen atoms in total. The topological polar surface area (TPSA) is 74.4 Å². The van der Waals surface area contributed by atoms with Crippen molar-refractivity contribution < 1.29 is 14.3 Å². The van der Waals surface area contributed by atoms with Crippen LogP contribution in [-0.4, -0.2) is 41.9 Å². The van der Waals surface area contributed by atoms with Gasteiger partial charge in [0.25, 0.3) is 5.91 Å². The van der Waals surface area contributed by atoms with Crippen LogP contribution in [0, 0.1) is 5.92 Å². The molecular weight excluding hydrogens is 414 g/mol. The van der Waals surface area contributed by atoms with Gasteiger partial charge in [0.2, 0.25) is 5.91 Å². The van der Waals surface area contributed by atoms with Crippen molar-refractivity contribution in [1.29, 1.82) is 0 Å². The fourth-order valence-corrected chi connectivity index (χ4v) is 4.34. The SMILES string of the molecule is COc1ccc(Cl)cc1NC(=O)CCC1CCCN(C(=O)c2cc3ccccc3[nH]2)C1. The Morgan fingerprint density at radius 3 is 2.87 bits per heavy atom. The summed E-state index contributed by atoms with van der Waals surface area (Å²) in [5, 5.41) is 4.45. The lowest BCUT2D eigenvalue weighted by Gasteiger charge is -2.32. The number of carbonyl (C=O) groups is 2. The Balaban J connectivity index is 1.33. The van der Waals surface area contributed by atoms with Crippen LogP contribution in [0.4, 0.5) is 5.69 Å². The number of benzene rings is 2. The summed E-state index contributed by atoms with van der Waals surface area (Å²) in [6.45, 7) is 1.42. The van der Waals surface area contributed by atoms with Gasteiger partial charge in [-0.2, -0.15) is 0 Å². The number of rotatable bonds is 6. The maximum atomic E-state index is 13.0. The summed E-state index contributed by atoms with van der Waals surface area (Å²) in [7, 11) is 1.56. The maximum absolute atomic E-state index is 13.0. The van der Waals surface area contributed by atoms with E-state index in [1.54, 1.807) is 25.3 Å². The van der Waals surface area contributed by atoms with Gasteiger partial charge >= 0.3 is 0 Å². The Labute approximate surface area is 186 Å². The number of aromatic amines is 1. The van der Waals surface area contributed by atoms with Crippen LogP contribution >= 0.6 is 11.6 Å². The smallest absolute Gasteiger partial charge is 0.270 e. The van der Waals surface area contributed by atoms with E-state index in [2.05, 4.69) is 10.3 Å². The standard InChI is InChI=1S/C24H26ClN3O3/c1-31-22-10-9-18(25)14-20(22)27-23(29)11-8-16-5-4-12-28(15-16)24(30)21-13-17-6-2-3-7-19(17)26-21/h2-3,6-7,9-10,13-14,16,26H,4-5,8,11-12,15H2,1H3,(H,27,29). The number of hydrogen-bond donors (Lipinski definition) is 2. The zero-order chi connectivity index (χ0) is 21.8. The molecule has 1 aromatic heterocycles. The van der Waals surface area contributed by atoms with Crippen LogP contribution < -0.4 is 10.1 Å². The molecule has 162 valence electrons. The summed E-state index contributed by atoms with van der Waals surface area (Å²) in [4.78, 5) is 30.6. The minimum Gasteiger partial charge on any atom is -0.495 e. The highest BCUT2D eigenvalue weighted by atomic mass is 35.5. The van der Waals surface area contributed by atoms with E-state index in [1.165, 1.54) is 0 Å². The number of piperidine rings is 1. The van der Waals surface area contributed by atoms with E-state index >= 15 is 0 Å². The van der Waals surface area contributed by atoms with E-state index in [9.17, 15) is 9.59 Å². The quantitative estimate of drug-likeness (QED) is 0.561. The third-order valence-electron chi connectivity index (χ3n) is 5.78. The lowest BCUT2D eigenvalue weighted by Crippen LogP contribution is -2.40. The number of likely N-dealkylation sites (tertiary alicyclic amines) is 1. The van der Waals surface area contributed by atoms with Gasteiger partial charge in [0, 0.05) is 35.4 Å². The number of methoxy groups -OCH3 is 1. The van der Waals surface area contributed by atoms with Crippen molar-refractivity contribution in [3.8, 4) is 5.75 Å². The van der Waals surface area contributed by atoms with Crippen LogP contribution in [0.15, 0.2) is 48.5 Å². The molecule has 1 saturated heterocycles. The number of para-hydroxylation sites is 1. The predicted octanol–water partition coefficient (Wildman–Crippen LogP) is 5.10. The van der Waals surface area contributed by atoms with Gasteiger partial charge in [0.1, 0.15) is 11.4 Å². The molecule has 1 atom stereocenters. The lowest BCUT2D eigenvalue weighted by molar-refractivity contribution is -0.116. The zero-order valence-electron chi connectivity index (χ0n) is 17.5. The molecule has 0 bridgehead atoms. The van der Waals surface area contributed by atoms with Crippen LogP contribution in [0.25, 0.3) is 10.9 Å². The monoisotopic (exact) mass is 439 g/mol. The van der Waals surface area contributed by atoms with Gasteiger partial charge in [-0.25, -0.2) is 0 Å². The Hall–Kier alpha value is -2.99. The van der Waals surface area contributed by atoms with Crippen molar-refractivity contribution in [1.82, 2.24) is 9.88 Å². The molecule has 2 N–H and O–H groups in total.